The minimum atomic E-state index is 0.594. The van der Waals surface area contributed by atoms with Gasteiger partial charge in [-0.05, 0) is 31.2 Å². The number of aromatic nitrogens is 1. The smallest absolute Gasteiger partial charge is 0.133 e. The van der Waals surface area contributed by atoms with Gasteiger partial charge in [0.1, 0.15) is 5.82 Å². The number of fused-ring (bicyclic) bond motifs is 1. The highest BCUT2D eigenvalue weighted by Gasteiger charge is 2.36. The Morgan fingerprint density at radius 1 is 1.29 bits per heavy atom. The molecule has 1 aliphatic carbocycles. The molecule has 0 amide bonds. The lowest BCUT2D eigenvalue weighted by molar-refractivity contribution is 0.341. The number of nitrogens with zero attached hydrogens (tertiary/aromatic N) is 2. The largest absolute Gasteiger partial charge is 0.353 e. The van der Waals surface area contributed by atoms with Gasteiger partial charge in [0.25, 0.3) is 0 Å². The zero-order chi connectivity index (χ0) is 11.7. The standard InChI is InChI=1S/C14H21N3/c15-10-12-5-3-8-16-14(12)17-9-7-11-4-1-2-6-13(11)17/h3,5,8,11,13H,1-2,4,6-7,9-10,15H2. The average Bonchev–Trinajstić information content (AvgIpc) is 2.82. The number of pyridine rings is 1. The second kappa shape index (κ2) is 4.65. The number of nitrogens with two attached hydrogens (primary N) is 1. The third-order valence-corrected chi connectivity index (χ3v) is 4.37. The summed E-state index contributed by atoms with van der Waals surface area (Å²) in [6.45, 7) is 1.76. The van der Waals surface area contributed by atoms with Crippen molar-refractivity contribution in [2.45, 2.75) is 44.7 Å². The fourth-order valence-electron chi connectivity index (χ4n) is 3.52. The Morgan fingerprint density at radius 3 is 3.06 bits per heavy atom. The first-order chi connectivity index (χ1) is 8.40. The summed E-state index contributed by atoms with van der Waals surface area (Å²) < 4.78 is 0. The molecule has 17 heavy (non-hydrogen) atoms. The molecule has 2 aliphatic rings. The molecule has 3 heteroatoms. The van der Waals surface area contributed by atoms with Crippen molar-refractivity contribution in [2.75, 3.05) is 11.4 Å². The summed E-state index contributed by atoms with van der Waals surface area (Å²) in [5.41, 5.74) is 7.01. The van der Waals surface area contributed by atoms with E-state index in [9.17, 15) is 0 Å². The van der Waals surface area contributed by atoms with E-state index < -0.39 is 0 Å². The van der Waals surface area contributed by atoms with Crippen molar-refractivity contribution in [1.29, 1.82) is 0 Å². The summed E-state index contributed by atoms with van der Waals surface area (Å²) in [5.74, 6) is 2.04. The van der Waals surface area contributed by atoms with Crippen LogP contribution in [0.4, 0.5) is 5.82 Å². The van der Waals surface area contributed by atoms with Crippen LogP contribution in [0, 0.1) is 5.92 Å². The lowest BCUT2D eigenvalue weighted by Gasteiger charge is -2.33. The Bertz CT molecular complexity index is 391. The van der Waals surface area contributed by atoms with Crippen LogP contribution >= 0.6 is 0 Å². The molecular formula is C14H21N3. The van der Waals surface area contributed by atoms with Crippen LogP contribution in [0.5, 0.6) is 0 Å². The first kappa shape index (κ1) is 11.0. The predicted molar refractivity (Wildman–Crippen MR) is 69.8 cm³/mol. The molecule has 1 saturated heterocycles. The monoisotopic (exact) mass is 231 g/mol. The van der Waals surface area contributed by atoms with Crippen molar-refractivity contribution in [3.8, 4) is 0 Å². The molecule has 2 N–H and O–H groups in total. The molecule has 3 nitrogen and oxygen atoms in total. The molecule has 2 heterocycles. The van der Waals surface area contributed by atoms with Gasteiger partial charge in [-0.3, -0.25) is 0 Å². The highest BCUT2D eigenvalue weighted by molar-refractivity contribution is 5.49. The van der Waals surface area contributed by atoms with E-state index in [-0.39, 0.29) is 0 Å². The van der Waals surface area contributed by atoms with Gasteiger partial charge in [0.05, 0.1) is 0 Å². The van der Waals surface area contributed by atoms with Gasteiger partial charge in [-0.1, -0.05) is 18.9 Å². The summed E-state index contributed by atoms with van der Waals surface area (Å²) in [6, 6.07) is 4.82. The van der Waals surface area contributed by atoms with Crippen LogP contribution in [-0.2, 0) is 6.54 Å². The van der Waals surface area contributed by atoms with E-state index in [1.54, 1.807) is 0 Å². The average molecular weight is 231 g/mol. The molecule has 0 aromatic carbocycles. The van der Waals surface area contributed by atoms with E-state index in [4.69, 9.17) is 5.73 Å². The topological polar surface area (TPSA) is 42.1 Å². The van der Waals surface area contributed by atoms with Crippen LogP contribution in [0.25, 0.3) is 0 Å². The molecule has 2 unspecified atom stereocenters. The Morgan fingerprint density at radius 2 is 2.18 bits per heavy atom. The van der Waals surface area contributed by atoms with Crippen LogP contribution in [0.3, 0.4) is 0 Å². The van der Waals surface area contributed by atoms with E-state index >= 15 is 0 Å². The molecule has 1 saturated carbocycles. The molecule has 2 atom stereocenters. The zero-order valence-corrected chi connectivity index (χ0v) is 10.3. The Labute approximate surface area is 103 Å². The summed E-state index contributed by atoms with van der Waals surface area (Å²) in [7, 11) is 0. The molecule has 3 rings (SSSR count). The minimum absolute atomic E-state index is 0.594. The zero-order valence-electron chi connectivity index (χ0n) is 10.3. The fourth-order valence-corrected chi connectivity index (χ4v) is 3.52. The molecule has 0 radical (unpaired) electrons. The maximum absolute atomic E-state index is 5.82. The van der Waals surface area contributed by atoms with Crippen LogP contribution in [-0.4, -0.2) is 17.6 Å². The van der Waals surface area contributed by atoms with Crippen molar-refractivity contribution in [2.24, 2.45) is 11.7 Å². The van der Waals surface area contributed by atoms with Crippen LogP contribution in [0.15, 0.2) is 18.3 Å². The van der Waals surface area contributed by atoms with Crippen molar-refractivity contribution in [3.05, 3.63) is 23.9 Å². The van der Waals surface area contributed by atoms with E-state index in [1.807, 2.05) is 12.3 Å². The molecule has 2 fully saturated rings. The van der Waals surface area contributed by atoms with E-state index in [0.29, 0.717) is 6.54 Å². The molecule has 1 aromatic rings. The number of rotatable bonds is 2. The highest BCUT2D eigenvalue weighted by Crippen LogP contribution is 2.38. The second-order valence-corrected chi connectivity index (χ2v) is 5.28. The highest BCUT2D eigenvalue weighted by atomic mass is 15.2. The first-order valence-corrected chi connectivity index (χ1v) is 6.81. The van der Waals surface area contributed by atoms with Crippen LogP contribution < -0.4 is 10.6 Å². The molecule has 0 spiro atoms. The predicted octanol–water partition coefficient (Wildman–Crippen LogP) is 2.31. The molecule has 1 aromatic heterocycles. The Balaban J connectivity index is 1.88. The van der Waals surface area contributed by atoms with Gasteiger partial charge in [0.15, 0.2) is 0 Å². The van der Waals surface area contributed by atoms with Gasteiger partial charge in [-0.2, -0.15) is 0 Å². The molecule has 0 bridgehead atoms. The van der Waals surface area contributed by atoms with Gasteiger partial charge in [0, 0.05) is 30.9 Å². The van der Waals surface area contributed by atoms with Crippen molar-refractivity contribution in [3.63, 3.8) is 0 Å². The third-order valence-electron chi connectivity index (χ3n) is 4.37. The maximum Gasteiger partial charge on any atom is 0.133 e. The second-order valence-electron chi connectivity index (χ2n) is 5.28. The van der Waals surface area contributed by atoms with Crippen LogP contribution in [0.2, 0.25) is 0 Å². The van der Waals surface area contributed by atoms with Gasteiger partial charge in [-0.25, -0.2) is 4.98 Å². The number of hydrogen-bond donors (Lipinski definition) is 1. The van der Waals surface area contributed by atoms with Crippen molar-refractivity contribution < 1.29 is 0 Å². The van der Waals surface area contributed by atoms with E-state index in [1.165, 1.54) is 44.2 Å². The molecule has 92 valence electrons. The minimum Gasteiger partial charge on any atom is -0.353 e. The summed E-state index contributed by atoms with van der Waals surface area (Å²) in [6.07, 6.45) is 8.77. The van der Waals surface area contributed by atoms with Crippen LogP contribution in [0.1, 0.15) is 37.7 Å². The first-order valence-electron chi connectivity index (χ1n) is 6.81. The van der Waals surface area contributed by atoms with Crippen molar-refractivity contribution >= 4 is 5.82 Å². The van der Waals surface area contributed by atoms with Gasteiger partial charge in [0.2, 0.25) is 0 Å². The maximum atomic E-state index is 5.82. The van der Waals surface area contributed by atoms with E-state index in [2.05, 4.69) is 16.0 Å². The summed E-state index contributed by atoms with van der Waals surface area (Å²) in [5, 5.41) is 0. The van der Waals surface area contributed by atoms with Gasteiger partial charge >= 0.3 is 0 Å². The third kappa shape index (κ3) is 1.93. The van der Waals surface area contributed by atoms with E-state index in [0.717, 1.165) is 17.8 Å². The number of hydrogen-bond acceptors (Lipinski definition) is 3. The Kier molecular flexibility index (Phi) is 3.02. The number of anilines is 1. The van der Waals surface area contributed by atoms with Gasteiger partial charge < -0.3 is 10.6 Å². The summed E-state index contributed by atoms with van der Waals surface area (Å²) >= 11 is 0. The fraction of sp³-hybridized carbons (Fsp3) is 0.643. The van der Waals surface area contributed by atoms with Crippen molar-refractivity contribution in [1.82, 2.24) is 4.98 Å². The Hall–Kier alpha value is -1.09. The molecular weight excluding hydrogens is 210 g/mol. The van der Waals surface area contributed by atoms with Gasteiger partial charge in [-0.15, -0.1) is 0 Å². The normalized spacial score (nSPS) is 28.2. The summed E-state index contributed by atoms with van der Waals surface area (Å²) in [4.78, 5) is 7.09. The quantitative estimate of drug-likeness (QED) is 0.849. The lowest BCUT2D eigenvalue weighted by atomic mass is 9.85. The lowest BCUT2D eigenvalue weighted by Crippen LogP contribution is -2.36. The molecule has 1 aliphatic heterocycles. The SMILES string of the molecule is NCc1cccnc1N1CCC2CCCCC21.